The fourth-order valence-electron chi connectivity index (χ4n) is 1.12. The van der Waals surface area contributed by atoms with Crippen molar-refractivity contribution in [1.82, 2.24) is 10.6 Å². The van der Waals surface area contributed by atoms with E-state index in [1.807, 2.05) is 13.8 Å². The Balaban J connectivity index is 4.12. The molecule has 0 aromatic carbocycles. The van der Waals surface area contributed by atoms with E-state index >= 15 is 0 Å². The number of amides is 1. The molecular weight excluding hydrogens is 216 g/mol. The zero-order valence-electron chi connectivity index (χ0n) is 12.3. The van der Waals surface area contributed by atoms with Gasteiger partial charge in [0.25, 0.3) is 0 Å². The van der Waals surface area contributed by atoms with E-state index < -0.39 is 11.1 Å². The topological polar surface area (TPSA) is 61.4 Å². The molecule has 0 saturated carbocycles. The lowest BCUT2D eigenvalue weighted by molar-refractivity contribution is -0.126. The quantitative estimate of drug-likeness (QED) is 0.685. The summed E-state index contributed by atoms with van der Waals surface area (Å²) in [5, 5.41) is 16.0. The Bertz CT molecular complexity index is 260. The van der Waals surface area contributed by atoms with Gasteiger partial charge in [0.2, 0.25) is 5.91 Å². The summed E-state index contributed by atoms with van der Waals surface area (Å²) in [6.07, 6.45) is 0.413. The van der Waals surface area contributed by atoms with E-state index in [9.17, 15) is 9.90 Å². The molecule has 0 saturated heterocycles. The number of rotatable bonds is 5. The van der Waals surface area contributed by atoms with Crippen molar-refractivity contribution in [3.8, 4) is 0 Å². The second kappa shape index (κ2) is 5.36. The molecule has 0 heterocycles. The molecule has 1 amide bonds. The van der Waals surface area contributed by atoms with E-state index in [-0.39, 0.29) is 11.4 Å². The molecule has 0 unspecified atom stereocenters. The maximum atomic E-state index is 11.7. The van der Waals surface area contributed by atoms with Gasteiger partial charge in [0.1, 0.15) is 0 Å². The van der Waals surface area contributed by atoms with Crippen LogP contribution in [0.15, 0.2) is 0 Å². The molecule has 0 aromatic rings. The molecule has 0 aromatic heterocycles. The normalized spacial score (nSPS) is 13.6. The van der Waals surface area contributed by atoms with Crippen molar-refractivity contribution in [2.24, 2.45) is 0 Å². The van der Waals surface area contributed by atoms with Crippen LogP contribution < -0.4 is 10.6 Å². The average molecular weight is 244 g/mol. The van der Waals surface area contributed by atoms with Gasteiger partial charge in [-0.1, -0.05) is 0 Å². The van der Waals surface area contributed by atoms with E-state index in [1.54, 1.807) is 13.8 Å². The molecule has 0 aliphatic rings. The largest absolute Gasteiger partial charge is 0.388 e. The Morgan fingerprint density at radius 3 is 1.88 bits per heavy atom. The van der Waals surface area contributed by atoms with Gasteiger partial charge in [0.05, 0.1) is 11.1 Å². The van der Waals surface area contributed by atoms with Crippen LogP contribution in [-0.4, -0.2) is 34.2 Å². The van der Waals surface area contributed by atoms with Crippen molar-refractivity contribution < 1.29 is 9.90 Å². The van der Waals surface area contributed by atoms with Crippen LogP contribution in [0.1, 0.15) is 54.9 Å². The van der Waals surface area contributed by atoms with E-state index in [4.69, 9.17) is 0 Å². The van der Waals surface area contributed by atoms with Gasteiger partial charge < -0.3 is 15.7 Å². The minimum atomic E-state index is -0.944. The average Bonchev–Trinajstić information content (AvgIpc) is 1.97. The van der Waals surface area contributed by atoms with Crippen molar-refractivity contribution in [2.45, 2.75) is 71.6 Å². The Morgan fingerprint density at radius 1 is 1.06 bits per heavy atom. The Morgan fingerprint density at radius 2 is 1.53 bits per heavy atom. The second-order valence-electron chi connectivity index (χ2n) is 6.66. The number of aliphatic hydroxyl groups is 1. The van der Waals surface area contributed by atoms with Crippen LogP contribution in [0.5, 0.6) is 0 Å². The lowest BCUT2D eigenvalue weighted by atomic mass is 9.86. The van der Waals surface area contributed by atoms with Crippen LogP contribution >= 0.6 is 0 Å². The third-order valence-electron chi connectivity index (χ3n) is 2.99. The molecule has 4 heteroatoms. The van der Waals surface area contributed by atoms with Gasteiger partial charge in [-0.15, -0.1) is 0 Å². The van der Waals surface area contributed by atoms with Gasteiger partial charge in [-0.25, -0.2) is 0 Å². The van der Waals surface area contributed by atoms with Crippen LogP contribution in [0.3, 0.4) is 0 Å². The van der Waals surface area contributed by atoms with E-state index in [0.717, 1.165) is 0 Å². The monoisotopic (exact) mass is 244 g/mol. The van der Waals surface area contributed by atoms with Gasteiger partial charge in [0.15, 0.2) is 0 Å². The van der Waals surface area contributed by atoms with E-state index in [2.05, 4.69) is 31.4 Å². The summed E-state index contributed by atoms with van der Waals surface area (Å²) in [4.78, 5) is 11.7. The highest BCUT2D eigenvalue weighted by Gasteiger charge is 2.36. The first-order valence-corrected chi connectivity index (χ1v) is 6.13. The molecule has 3 N–H and O–H groups in total. The second-order valence-corrected chi connectivity index (χ2v) is 6.66. The van der Waals surface area contributed by atoms with Gasteiger partial charge in [-0.3, -0.25) is 4.79 Å². The SMILES string of the molecule is CC(C)(C)NCCC(=O)NC(C)(C)C(C)(C)O. The van der Waals surface area contributed by atoms with Crippen molar-refractivity contribution in [1.29, 1.82) is 0 Å². The zero-order chi connectivity index (χ0) is 13.9. The van der Waals surface area contributed by atoms with Crippen LogP contribution in [0.2, 0.25) is 0 Å². The van der Waals surface area contributed by atoms with Crippen LogP contribution in [0.25, 0.3) is 0 Å². The third kappa shape index (κ3) is 6.64. The molecule has 0 radical (unpaired) electrons. The predicted molar refractivity (Wildman–Crippen MR) is 70.9 cm³/mol. The highest BCUT2D eigenvalue weighted by molar-refractivity contribution is 5.77. The molecular formula is C13H28N2O2. The van der Waals surface area contributed by atoms with Gasteiger partial charge in [0, 0.05) is 18.5 Å². The molecule has 4 nitrogen and oxygen atoms in total. The smallest absolute Gasteiger partial charge is 0.221 e. The van der Waals surface area contributed by atoms with Gasteiger partial charge in [-0.2, -0.15) is 0 Å². The Hall–Kier alpha value is -0.610. The molecule has 17 heavy (non-hydrogen) atoms. The molecule has 0 fully saturated rings. The summed E-state index contributed by atoms with van der Waals surface area (Å²) >= 11 is 0. The van der Waals surface area contributed by atoms with E-state index in [1.165, 1.54) is 0 Å². The molecule has 0 rings (SSSR count). The summed E-state index contributed by atoms with van der Waals surface area (Å²) in [7, 11) is 0. The van der Waals surface area contributed by atoms with Crippen LogP contribution in [0, 0.1) is 0 Å². The summed E-state index contributed by atoms with van der Waals surface area (Å²) in [5.41, 5.74) is -1.56. The maximum absolute atomic E-state index is 11.7. The molecule has 102 valence electrons. The van der Waals surface area contributed by atoms with Crippen molar-refractivity contribution in [3.63, 3.8) is 0 Å². The third-order valence-corrected chi connectivity index (χ3v) is 2.99. The molecule has 0 atom stereocenters. The minimum Gasteiger partial charge on any atom is -0.388 e. The van der Waals surface area contributed by atoms with Gasteiger partial charge >= 0.3 is 0 Å². The van der Waals surface area contributed by atoms with E-state index in [0.29, 0.717) is 13.0 Å². The van der Waals surface area contributed by atoms with Crippen molar-refractivity contribution >= 4 is 5.91 Å². The Kier molecular flexibility index (Phi) is 5.16. The van der Waals surface area contributed by atoms with Gasteiger partial charge in [-0.05, 0) is 48.5 Å². The number of hydrogen-bond acceptors (Lipinski definition) is 3. The number of carbonyl (C=O) groups is 1. The first-order chi connectivity index (χ1) is 7.35. The fourth-order valence-corrected chi connectivity index (χ4v) is 1.12. The highest BCUT2D eigenvalue weighted by Crippen LogP contribution is 2.20. The summed E-state index contributed by atoms with van der Waals surface area (Å²) < 4.78 is 0. The molecule has 0 aliphatic heterocycles. The lowest BCUT2D eigenvalue weighted by Crippen LogP contribution is -2.58. The molecule has 0 bridgehead atoms. The predicted octanol–water partition coefficient (Wildman–Crippen LogP) is 1.43. The number of nitrogens with one attached hydrogen (secondary N) is 2. The first-order valence-electron chi connectivity index (χ1n) is 6.13. The Labute approximate surface area is 105 Å². The number of carbonyl (C=O) groups excluding carboxylic acids is 1. The van der Waals surface area contributed by atoms with Crippen molar-refractivity contribution in [3.05, 3.63) is 0 Å². The summed E-state index contributed by atoms with van der Waals surface area (Å²) in [5.74, 6) is -0.0473. The molecule has 0 aliphatic carbocycles. The minimum absolute atomic E-state index is 0.0199. The highest BCUT2D eigenvalue weighted by atomic mass is 16.3. The zero-order valence-corrected chi connectivity index (χ0v) is 12.3. The number of hydrogen-bond donors (Lipinski definition) is 3. The summed E-state index contributed by atoms with van der Waals surface area (Å²) in [6, 6.07) is 0. The van der Waals surface area contributed by atoms with Crippen molar-refractivity contribution in [2.75, 3.05) is 6.54 Å². The lowest BCUT2D eigenvalue weighted by Gasteiger charge is -2.38. The van der Waals surface area contributed by atoms with Crippen LogP contribution in [0.4, 0.5) is 0 Å². The molecule has 0 spiro atoms. The maximum Gasteiger partial charge on any atom is 0.221 e. The first kappa shape index (κ1) is 16.4. The standard InChI is InChI=1S/C13H28N2O2/c1-11(2,3)14-9-8-10(16)15-12(4,5)13(6,7)17/h14,17H,8-9H2,1-7H3,(H,15,16). The van der Waals surface area contributed by atoms with Crippen LogP contribution in [-0.2, 0) is 4.79 Å². The fraction of sp³-hybridized carbons (Fsp3) is 0.923. The summed E-state index contributed by atoms with van der Waals surface area (Å²) in [6.45, 7) is 13.9.